The number of hydrogen-bond donors (Lipinski definition) is 0. The lowest BCUT2D eigenvalue weighted by molar-refractivity contribution is 0.758. The van der Waals surface area contributed by atoms with Gasteiger partial charge in [0.1, 0.15) is 0 Å². The highest BCUT2D eigenvalue weighted by Gasteiger charge is 2.20. The SMILES string of the molecule is CC/C=C(\C)C1CCC(c2ccccc2Cl)=N1. The van der Waals surface area contributed by atoms with Crippen molar-refractivity contribution >= 4 is 17.3 Å². The van der Waals surface area contributed by atoms with Gasteiger partial charge in [-0.2, -0.15) is 0 Å². The average Bonchev–Trinajstić information content (AvgIpc) is 2.79. The minimum atomic E-state index is 0.362. The van der Waals surface area contributed by atoms with Gasteiger partial charge in [-0.1, -0.05) is 48.4 Å². The smallest absolute Gasteiger partial charge is 0.0713 e. The maximum atomic E-state index is 6.20. The van der Waals surface area contributed by atoms with Crippen LogP contribution in [0.25, 0.3) is 0 Å². The Kier molecular flexibility index (Phi) is 4.01. The van der Waals surface area contributed by atoms with E-state index in [-0.39, 0.29) is 0 Å². The van der Waals surface area contributed by atoms with E-state index in [1.165, 1.54) is 5.57 Å². The monoisotopic (exact) mass is 247 g/mol. The molecule has 0 aliphatic carbocycles. The van der Waals surface area contributed by atoms with Crippen LogP contribution in [-0.2, 0) is 0 Å². The topological polar surface area (TPSA) is 12.4 Å². The normalized spacial score (nSPS) is 20.5. The van der Waals surface area contributed by atoms with Gasteiger partial charge in [0.25, 0.3) is 0 Å². The van der Waals surface area contributed by atoms with Gasteiger partial charge in [0, 0.05) is 16.3 Å². The number of benzene rings is 1. The molecule has 2 rings (SSSR count). The second kappa shape index (κ2) is 5.50. The van der Waals surface area contributed by atoms with Crippen molar-refractivity contribution in [2.75, 3.05) is 0 Å². The minimum Gasteiger partial charge on any atom is -0.281 e. The number of rotatable bonds is 3. The molecule has 2 heteroatoms. The number of nitrogens with zero attached hydrogens (tertiary/aromatic N) is 1. The Morgan fingerprint density at radius 3 is 2.94 bits per heavy atom. The summed E-state index contributed by atoms with van der Waals surface area (Å²) in [7, 11) is 0. The summed E-state index contributed by atoms with van der Waals surface area (Å²) in [6.07, 6.45) is 5.50. The average molecular weight is 248 g/mol. The Morgan fingerprint density at radius 2 is 2.24 bits per heavy atom. The molecule has 0 saturated carbocycles. The van der Waals surface area contributed by atoms with Crippen LogP contribution in [0.3, 0.4) is 0 Å². The highest BCUT2D eigenvalue weighted by Crippen LogP contribution is 2.27. The Bertz CT molecular complexity index is 460. The zero-order valence-electron chi connectivity index (χ0n) is 10.4. The minimum absolute atomic E-state index is 0.362. The first-order valence-corrected chi connectivity index (χ1v) is 6.58. The molecule has 0 spiro atoms. The molecule has 1 nitrogen and oxygen atoms in total. The van der Waals surface area contributed by atoms with Gasteiger partial charge in [-0.15, -0.1) is 0 Å². The largest absolute Gasteiger partial charge is 0.281 e. The Labute approximate surface area is 108 Å². The van der Waals surface area contributed by atoms with Crippen molar-refractivity contribution in [3.05, 3.63) is 46.5 Å². The zero-order valence-corrected chi connectivity index (χ0v) is 11.2. The van der Waals surface area contributed by atoms with E-state index in [1.807, 2.05) is 18.2 Å². The molecule has 0 radical (unpaired) electrons. The standard InChI is InChI=1S/C15H18ClN/c1-3-6-11(2)14-9-10-15(17-14)12-7-4-5-8-13(12)16/h4-8,14H,3,9-10H2,1-2H3/b11-6+. The van der Waals surface area contributed by atoms with Crippen LogP contribution in [0.1, 0.15) is 38.7 Å². The van der Waals surface area contributed by atoms with Crippen LogP contribution in [0.5, 0.6) is 0 Å². The maximum Gasteiger partial charge on any atom is 0.0713 e. The third-order valence-electron chi connectivity index (χ3n) is 3.20. The van der Waals surface area contributed by atoms with Crippen molar-refractivity contribution in [1.29, 1.82) is 0 Å². The fourth-order valence-electron chi connectivity index (χ4n) is 2.28. The highest BCUT2D eigenvalue weighted by atomic mass is 35.5. The first-order chi connectivity index (χ1) is 8.22. The lowest BCUT2D eigenvalue weighted by Gasteiger charge is -2.06. The first-order valence-electron chi connectivity index (χ1n) is 6.20. The van der Waals surface area contributed by atoms with Gasteiger partial charge in [0.2, 0.25) is 0 Å². The van der Waals surface area contributed by atoms with Gasteiger partial charge in [-0.3, -0.25) is 4.99 Å². The van der Waals surface area contributed by atoms with Gasteiger partial charge >= 0.3 is 0 Å². The quantitative estimate of drug-likeness (QED) is 0.690. The van der Waals surface area contributed by atoms with Crippen molar-refractivity contribution in [2.45, 2.75) is 39.2 Å². The number of hydrogen-bond acceptors (Lipinski definition) is 1. The molecule has 1 aliphatic heterocycles. The summed E-state index contributed by atoms with van der Waals surface area (Å²) in [5.74, 6) is 0. The fourth-order valence-corrected chi connectivity index (χ4v) is 2.52. The van der Waals surface area contributed by atoms with Gasteiger partial charge in [-0.05, 0) is 32.3 Å². The van der Waals surface area contributed by atoms with E-state index in [0.717, 1.165) is 35.6 Å². The molecule has 1 aromatic rings. The van der Waals surface area contributed by atoms with E-state index in [0.29, 0.717) is 6.04 Å². The summed E-state index contributed by atoms with van der Waals surface area (Å²) in [6, 6.07) is 8.33. The van der Waals surface area contributed by atoms with Crippen LogP contribution in [0.15, 0.2) is 40.9 Å². The number of halogens is 1. The lowest BCUT2D eigenvalue weighted by atomic mass is 10.0. The van der Waals surface area contributed by atoms with Crippen LogP contribution >= 0.6 is 11.6 Å². The molecule has 90 valence electrons. The van der Waals surface area contributed by atoms with Gasteiger partial charge in [-0.25, -0.2) is 0 Å². The van der Waals surface area contributed by atoms with Crippen LogP contribution in [0, 0.1) is 0 Å². The van der Waals surface area contributed by atoms with Crippen LogP contribution in [0.2, 0.25) is 5.02 Å². The molecule has 0 N–H and O–H groups in total. The van der Waals surface area contributed by atoms with Crippen LogP contribution in [-0.4, -0.2) is 11.8 Å². The molecular weight excluding hydrogens is 230 g/mol. The molecule has 0 amide bonds. The molecular formula is C15H18ClN. The summed E-state index contributed by atoms with van der Waals surface area (Å²) in [5, 5.41) is 0.809. The molecule has 1 aromatic carbocycles. The second-order valence-electron chi connectivity index (χ2n) is 4.47. The summed E-state index contributed by atoms with van der Waals surface area (Å²) in [4.78, 5) is 4.80. The maximum absolute atomic E-state index is 6.20. The van der Waals surface area contributed by atoms with Crippen molar-refractivity contribution in [1.82, 2.24) is 0 Å². The van der Waals surface area contributed by atoms with E-state index >= 15 is 0 Å². The van der Waals surface area contributed by atoms with E-state index in [9.17, 15) is 0 Å². The summed E-state index contributed by atoms with van der Waals surface area (Å²) in [5.41, 5.74) is 3.64. The van der Waals surface area contributed by atoms with Crippen molar-refractivity contribution in [3.8, 4) is 0 Å². The van der Waals surface area contributed by atoms with E-state index in [4.69, 9.17) is 16.6 Å². The van der Waals surface area contributed by atoms with E-state index in [1.54, 1.807) is 0 Å². The van der Waals surface area contributed by atoms with Gasteiger partial charge in [0.15, 0.2) is 0 Å². The second-order valence-corrected chi connectivity index (χ2v) is 4.87. The third kappa shape index (κ3) is 2.78. The summed E-state index contributed by atoms with van der Waals surface area (Å²) in [6.45, 7) is 4.34. The molecule has 1 unspecified atom stereocenters. The Hall–Kier alpha value is -1.08. The molecule has 0 aromatic heterocycles. The third-order valence-corrected chi connectivity index (χ3v) is 3.53. The molecule has 0 bridgehead atoms. The molecule has 1 aliphatic rings. The van der Waals surface area contributed by atoms with Crippen LogP contribution in [0.4, 0.5) is 0 Å². The first kappa shape index (κ1) is 12.4. The van der Waals surface area contributed by atoms with Crippen molar-refractivity contribution in [2.24, 2.45) is 4.99 Å². The molecule has 1 atom stereocenters. The molecule has 1 heterocycles. The fraction of sp³-hybridized carbons (Fsp3) is 0.400. The zero-order chi connectivity index (χ0) is 12.3. The highest BCUT2D eigenvalue weighted by molar-refractivity contribution is 6.34. The van der Waals surface area contributed by atoms with Crippen molar-refractivity contribution in [3.63, 3.8) is 0 Å². The predicted octanol–water partition coefficient (Wildman–Crippen LogP) is 4.65. The summed E-state index contributed by atoms with van der Waals surface area (Å²) >= 11 is 6.20. The Balaban J connectivity index is 2.23. The van der Waals surface area contributed by atoms with Crippen molar-refractivity contribution < 1.29 is 0 Å². The predicted molar refractivity (Wildman–Crippen MR) is 75.1 cm³/mol. The molecule has 17 heavy (non-hydrogen) atoms. The molecule has 0 saturated heterocycles. The summed E-state index contributed by atoms with van der Waals surface area (Å²) < 4.78 is 0. The van der Waals surface area contributed by atoms with Crippen LogP contribution < -0.4 is 0 Å². The number of aliphatic imine (C=N–C) groups is 1. The number of allylic oxidation sites excluding steroid dienone is 1. The van der Waals surface area contributed by atoms with E-state index < -0.39 is 0 Å². The molecule has 0 fully saturated rings. The van der Waals surface area contributed by atoms with Gasteiger partial charge in [0.05, 0.1) is 6.04 Å². The Morgan fingerprint density at radius 1 is 1.47 bits per heavy atom. The van der Waals surface area contributed by atoms with Gasteiger partial charge < -0.3 is 0 Å². The lowest BCUT2D eigenvalue weighted by Crippen LogP contribution is -2.00. The van der Waals surface area contributed by atoms with E-state index in [2.05, 4.69) is 26.0 Å².